The fourth-order valence-electron chi connectivity index (χ4n) is 3.04. The summed E-state index contributed by atoms with van der Waals surface area (Å²) in [5.41, 5.74) is 2.06. The van der Waals surface area contributed by atoms with Gasteiger partial charge in [0.15, 0.2) is 0 Å². The van der Waals surface area contributed by atoms with Crippen molar-refractivity contribution in [3.8, 4) is 5.75 Å². The van der Waals surface area contributed by atoms with Gasteiger partial charge in [-0.05, 0) is 25.2 Å². The average molecular weight is 388 g/mol. The van der Waals surface area contributed by atoms with E-state index in [0.29, 0.717) is 34.7 Å². The quantitative estimate of drug-likeness (QED) is 0.573. The van der Waals surface area contributed by atoms with Crippen molar-refractivity contribution in [2.24, 2.45) is 0 Å². The van der Waals surface area contributed by atoms with Gasteiger partial charge in [-0.1, -0.05) is 43.8 Å². The first-order valence-electron chi connectivity index (χ1n) is 8.97. The van der Waals surface area contributed by atoms with Crippen LogP contribution in [-0.2, 0) is 9.53 Å². The lowest BCUT2D eigenvalue weighted by Gasteiger charge is -2.29. The predicted molar refractivity (Wildman–Crippen MR) is 105 cm³/mol. The number of allylic oxidation sites excluding steroid dienone is 1. The molecule has 0 saturated heterocycles. The van der Waals surface area contributed by atoms with Crippen molar-refractivity contribution in [3.63, 3.8) is 0 Å². The first kappa shape index (κ1) is 19.3. The molecule has 1 atom stereocenters. The van der Waals surface area contributed by atoms with Gasteiger partial charge < -0.3 is 14.8 Å². The molecule has 1 aliphatic heterocycles. The van der Waals surface area contributed by atoms with E-state index in [0.717, 1.165) is 17.7 Å². The van der Waals surface area contributed by atoms with Crippen LogP contribution in [0.4, 0.5) is 5.95 Å². The zero-order valence-electron chi connectivity index (χ0n) is 16.0. The molecule has 144 valence electrons. The maximum Gasteiger partial charge on any atom is 0.338 e. The van der Waals surface area contributed by atoms with E-state index in [4.69, 9.17) is 9.47 Å². The minimum absolute atomic E-state index is 0.358. The molecular formula is C19H24N4O3S. The van der Waals surface area contributed by atoms with E-state index in [-0.39, 0.29) is 5.97 Å². The van der Waals surface area contributed by atoms with E-state index in [2.05, 4.69) is 15.4 Å². The van der Waals surface area contributed by atoms with Gasteiger partial charge in [0, 0.05) is 11.3 Å². The third-order valence-electron chi connectivity index (χ3n) is 4.20. The maximum atomic E-state index is 12.9. The molecule has 1 aromatic heterocycles. The van der Waals surface area contributed by atoms with Crippen LogP contribution in [0.1, 0.15) is 38.8 Å². The molecule has 3 rings (SSSR count). The lowest BCUT2D eigenvalue weighted by Crippen LogP contribution is -2.30. The number of nitrogens with one attached hydrogen (secondary N) is 1. The second-order valence-electron chi connectivity index (χ2n) is 6.04. The molecule has 0 bridgehead atoms. The van der Waals surface area contributed by atoms with Gasteiger partial charge >= 0.3 is 5.97 Å². The summed E-state index contributed by atoms with van der Waals surface area (Å²) in [6.45, 7) is 6.24. The second-order valence-corrected chi connectivity index (χ2v) is 7.27. The van der Waals surface area contributed by atoms with Crippen molar-refractivity contribution < 1.29 is 14.3 Å². The Morgan fingerprint density at radius 2 is 2.11 bits per heavy atom. The van der Waals surface area contributed by atoms with Crippen LogP contribution in [0.15, 0.2) is 40.7 Å². The van der Waals surface area contributed by atoms with Crippen LogP contribution in [0.25, 0.3) is 0 Å². The minimum Gasteiger partial charge on any atom is -0.496 e. The number of nitrogens with zero attached hydrogens (tertiary/aromatic N) is 3. The van der Waals surface area contributed by atoms with Gasteiger partial charge in [-0.2, -0.15) is 4.98 Å². The molecule has 27 heavy (non-hydrogen) atoms. The highest BCUT2D eigenvalue weighted by Gasteiger charge is 2.36. The van der Waals surface area contributed by atoms with Crippen molar-refractivity contribution in [2.45, 2.75) is 38.4 Å². The Morgan fingerprint density at radius 1 is 1.33 bits per heavy atom. The topological polar surface area (TPSA) is 78.3 Å². The minimum atomic E-state index is -0.472. The molecule has 0 spiro atoms. The molecule has 0 saturated carbocycles. The van der Waals surface area contributed by atoms with E-state index in [1.807, 2.05) is 45.0 Å². The van der Waals surface area contributed by atoms with Gasteiger partial charge in [0.05, 0.1) is 19.3 Å². The highest BCUT2D eigenvalue weighted by atomic mass is 32.2. The van der Waals surface area contributed by atoms with Crippen molar-refractivity contribution in [3.05, 3.63) is 41.1 Å². The maximum absolute atomic E-state index is 12.9. The first-order chi connectivity index (χ1) is 13.1. The number of para-hydroxylation sites is 1. The van der Waals surface area contributed by atoms with Crippen LogP contribution in [0.5, 0.6) is 5.75 Å². The number of esters is 1. The normalized spacial score (nSPS) is 15.9. The Hall–Kier alpha value is -2.48. The molecule has 1 unspecified atom stereocenters. The van der Waals surface area contributed by atoms with Crippen LogP contribution < -0.4 is 10.1 Å². The summed E-state index contributed by atoms with van der Waals surface area (Å²) >= 11 is 1.55. The summed E-state index contributed by atoms with van der Waals surface area (Å²) in [5.74, 6) is 1.79. The number of benzene rings is 1. The highest BCUT2D eigenvalue weighted by Crippen LogP contribution is 2.40. The Balaban J connectivity index is 2.14. The standard InChI is InChI=1S/C19H24N4O3S/c1-5-11-26-17(24)15-12(3)20-18-21-19(27-6-2)22-23(18)16(15)13-9-7-8-10-14(13)25-4/h7-10,16H,5-6,11H2,1-4H3,(H,20,21,22). The smallest absolute Gasteiger partial charge is 0.338 e. The van der Waals surface area contributed by atoms with Crippen molar-refractivity contribution >= 4 is 23.7 Å². The van der Waals surface area contributed by atoms with E-state index in [1.54, 1.807) is 23.6 Å². The molecule has 1 aromatic carbocycles. The largest absolute Gasteiger partial charge is 0.496 e. The molecule has 2 heterocycles. The van der Waals surface area contributed by atoms with Gasteiger partial charge in [-0.3, -0.25) is 0 Å². The van der Waals surface area contributed by atoms with Crippen molar-refractivity contribution in [2.75, 3.05) is 24.8 Å². The molecule has 1 aliphatic rings. The van der Waals surface area contributed by atoms with E-state index in [9.17, 15) is 4.79 Å². The molecule has 8 heteroatoms. The average Bonchev–Trinajstić information content (AvgIpc) is 3.07. The van der Waals surface area contributed by atoms with Gasteiger partial charge in [0.25, 0.3) is 0 Å². The van der Waals surface area contributed by atoms with Crippen LogP contribution in [0.3, 0.4) is 0 Å². The number of ether oxygens (including phenoxy) is 2. The van der Waals surface area contributed by atoms with E-state index in [1.165, 1.54) is 0 Å². The summed E-state index contributed by atoms with van der Waals surface area (Å²) in [7, 11) is 1.62. The molecule has 1 N–H and O–H groups in total. The molecule has 0 fully saturated rings. The number of hydrogen-bond donors (Lipinski definition) is 1. The van der Waals surface area contributed by atoms with Crippen LogP contribution >= 0.6 is 11.8 Å². The van der Waals surface area contributed by atoms with Crippen LogP contribution in [-0.4, -0.2) is 40.2 Å². The number of thioether (sulfide) groups is 1. The summed E-state index contributed by atoms with van der Waals surface area (Å²) in [5, 5.41) is 8.49. The Kier molecular flexibility index (Phi) is 6.05. The third-order valence-corrected chi connectivity index (χ3v) is 4.92. The Labute approximate surface area is 163 Å². The van der Waals surface area contributed by atoms with E-state index < -0.39 is 6.04 Å². The van der Waals surface area contributed by atoms with Crippen molar-refractivity contribution in [1.82, 2.24) is 14.8 Å². The van der Waals surface area contributed by atoms with Crippen molar-refractivity contribution in [1.29, 1.82) is 0 Å². The number of fused-ring (bicyclic) bond motifs is 1. The Bertz CT molecular complexity index is 862. The molecule has 2 aromatic rings. The fourth-order valence-corrected chi connectivity index (χ4v) is 3.59. The zero-order chi connectivity index (χ0) is 19.4. The van der Waals surface area contributed by atoms with Gasteiger partial charge in [-0.25, -0.2) is 9.48 Å². The van der Waals surface area contributed by atoms with Gasteiger partial charge in [0.2, 0.25) is 11.1 Å². The molecule has 0 radical (unpaired) electrons. The number of carbonyl (C=O) groups is 1. The monoisotopic (exact) mass is 388 g/mol. The number of anilines is 1. The van der Waals surface area contributed by atoms with Crippen LogP contribution in [0, 0.1) is 0 Å². The van der Waals surface area contributed by atoms with E-state index >= 15 is 0 Å². The summed E-state index contributed by atoms with van der Waals surface area (Å²) < 4.78 is 12.7. The first-order valence-corrected chi connectivity index (χ1v) is 9.96. The number of hydrogen-bond acceptors (Lipinski definition) is 7. The summed E-state index contributed by atoms with van der Waals surface area (Å²) in [6, 6.07) is 7.16. The fraction of sp³-hybridized carbons (Fsp3) is 0.421. The molecule has 0 amide bonds. The van der Waals surface area contributed by atoms with Gasteiger partial charge in [0.1, 0.15) is 11.8 Å². The Morgan fingerprint density at radius 3 is 2.81 bits per heavy atom. The second kappa shape index (κ2) is 8.47. The highest BCUT2D eigenvalue weighted by molar-refractivity contribution is 7.99. The van der Waals surface area contributed by atoms with Crippen LogP contribution in [0.2, 0.25) is 0 Å². The molecule has 0 aliphatic carbocycles. The SMILES string of the molecule is CCCOC(=O)C1=C(C)Nc2nc(SCC)nn2C1c1ccccc1OC. The summed E-state index contributed by atoms with van der Waals surface area (Å²) in [6.07, 6.45) is 0.761. The lowest BCUT2D eigenvalue weighted by atomic mass is 9.95. The summed E-state index contributed by atoms with van der Waals surface area (Å²) in [4.78, 5) is 17.4. The van der Waals surface area contributed by atoms with Gasteiger partial charge in [-0.15, -0.1) is 5.10 Å². The predicted octanol–water partition coefficient (Wildman–Crippen LogP) is 3.64. The number of methoxy groups -OCH3 is 1. The number of carbonyl (C=O) groups excluding carboxylic acids is 1. The number of rotatable bonds is 7. The third kappa shape index (κ3) is 3.80. The lowest BCUT2D eigenvalue weighted by molar-refractivity contribution is -0.139. The molecular weight excluding hydrogens is 364 g/mol. The molecule has 7 nitrogen and oxygen atoms in total. The number of aromatic nitrogens is 3. The zero-order valence-corrected chi connectivity index (χ0v) is 16.8.